The van der Waals surface area contributed by atoms with Crippen molar-refractivity contribution in [3.05, 3.63) is 107 Å². The number of carbonyl (C=O) groups is 3. The summed E-state index contributed by atoms with van der Waals surface area (Å²) in [7, 11) is 1.54. The number of carbonyl (C=O) groups excluding carboxylic acids is 3. The monoisotopic (exact) mass is 581 g/mol. The molecule has 1 aliphatic heterocycles. The third-order valence-electron chi connectivity index (χ3n) is 6.19. The highest BCUT2D eigenvalue weighted by Gasteiger charge is 2.17. The fourth-order valence-corrected chi connectivity index (χ4v) is 4.05. The molecule has 2 amide bonds. The van der Waals surface area contributed by atoms with Crippen LogP contribution in [0.5, 0.6) is 28.7 Å². The first-order valence-corrected chi connectivity index (χ1v) is 13.2. The Morgan fingerprint density at radius 3 is 2.40 bits per heavy atom. The molecule has 11 heteroatoms. The highest BCUT2D eigenvalue weighted by Crippen LogP contribution is 2.33. The summed E-state index contributed by atoms with van der Waals surface area (Å²) < 4.78 is 26.9. The maximum absolute atomic E-state index is 12.7. The Morgan fingerprint density at radius 2 is 1.60 bits per heavy atom. The normalized spacial score (nSPS) is 11.6. The van der Waals surface area contributed by atoms with Crippen LogP contribution in [0.15, 0.2) is 90.0 Å². The van der Waals surface area contributed by atoms with E-state index in [1.807, 2.05) is 6.92 Å². The Balaban J connectivity index is 1.20. The van der Waals surface area contributed by atoms with E-state index in [0.29, 0.717) is 52.0 Å². The van der Waals surface area contributed by atoms with Crippen LogP contribution in [0.2, 0.25) is 0 Å². The third kappa shape index (κ3) is 7.09. The minimum Gasteiger partial charge on any atom is -0.497 e. The molecule has 0 saturated carbocycles. The second kappa shape index (κ2) is 13.2. The van der Waals surface area contributed by atoms with Gasteiger partial charge in [-0.15, -0.1) is 0 Å². The Kier molecular flexibility index (Phi) is 8.81. The summed E-state index contributed by atoms with van der Waals surface area (Å²) in [6.07, 6.45) is 1.43. The molecule has 0 bridgehead atoms. The molecule has 4 aromatic carbocycles. The zero-order valence-corrected chi connectivity index (χ0v) is 23.3. The topological polar surface area (TPSA) is 134 Å². The summed E-state index contributed by atoms with van der Waals surface area (Å²) in [6, 6.07) is 22.8. The first kappa shape index (κ1) is 28.7. The van der Waals surface area contributed by atoms with Crippen LogP contribution < -0.4 is 34.4 Å². The van der Waals surface area contributed by atoms with E-state index in [-0.39, 0.29) is 24.0 Å². The molecule has 0 saturated heterocycles. The van der Waals surface area contributed by atoms with E-state index in [1.165, 1.54) is 12.3 Å². The molecule has 5 rings (SSSR count). The Labute approximate surface area is 247 Å². The molecular formula is C32H27N3O8. The zero-order valence-electron chi connectivity index (χ0n) is 23.3. The maximum atomic E-state index is 12.7. The minimum atomic E-state index is -0.549. The summed E-state index contributed by atoms with van der Waals surface area (Å²) in [5.41, 5.74) is 4.52. The molecule has 1 heterocycles. The molecule has 0 spiro atoms. The van der Waals surface area contributed by atoms with Crippen molar-refractivity contribution >= 4 is 29.7 Å². The van der Waals surface area contributed by atoms with Gasteiger partial charge in [0, 0.05) is 16.8 Å². The van der Waals surface area contributed by atoms with Crippen LogP contribution in [0.25, 0.3) is 0 Å². The summed E-state index contributed by atoms with van der Waals surface area (Å²) in [6.45, 7) is 2.26. The minimum absolute atomic E-state index is 0.111. The number of fused-ring (bicyclic) bond motifs is 1. The SMILES string of the molecule is CCOc1cc(C=NNC(=O)c2cccc(NC(=O)c3ccc4c(c3)OCO4)c2)ccc1OC(=O)c1ccc(OC)cc1. The number of esters is 1. The number of methoxy groups -OCH3 is 1. The van der Waals surface area contributed by atoms with Crippen molar-refractivity contribution in [3.8, 4) is 28.7 Å². The number of nitrogens with one attached hydrogen (secondary N) is 2. The van der Waals surface area contributed by atoms with Crippen molar-refractivity contribution in [1.29, 1.82) is 0 Å². The first-order valence-electron chi connectivity index (χ1n) is 13.2. The molecule has 4 aromatic rings. The first-order chi connectivity index (χ1) is 20.9. The van der Waals surface area contributed by atoms with Crippen molar-refractivity contribution < 1.29 is 38.1 Å². The Morgan fingerprint density at radius 1 is 0.837 bits per heavy atom. The van der Waals surface area contributed by atoms with Gasteiger partial charge in [-0.25, -0.2) is 10.2 Å². The van der Waals surface area contributed by atoms with Gasteiger partial charge >= 0.3 is 5.97 Å². The van der Waals surface area contributed by atoms with Crippen LogP contribution in [0.4, 0.5) is 5.69 Å². The van der Waals surface area contributed by atoms with Crippen molar-refractivity contribution in [2.45, 2.75) is 6.92 Å². The van der Waals surface area contributed by atoms with Crippen molar-refractivity contribution in [2.75, 3.05) is 25.8 Å². The Hall–Kier alpha value is -5.84. The smallest absolute Gasteiger partial charge is 0.343 e. The van der Waals surface area contributed by atoms with E-state index in [4.69, 9.17) is 23.7 Å². The van der Waals surface area contributed by atoms with Gasteiger partial charge in [-0.2, -0.15) is 5.10 Å². The van der Waals surface area contributed by atoms with Crippen LogP contribution in [0.1, 0.15) is 43.6 Å². The predicted octanol–water partition coefficient (Wildman–Crippen LogP) is 5.06. The van der Waals surface area contributed by atoms with E-state index in [0.717, 1.165) is 0 Å². The second-order valence-corrected chi connectivity index (χ2v) is 9.06. The van der Waals surface area contributed by atoms with Crippen molar-refractivity contribution in [3.63, 3.8) is 0 Å². The van der Waals surface area contributed by atoms with E-state index < -0.39 is 11.9 Å². The lowest BCUT2D eigenvalue weighted by Gasteiger charge is -2.11. The zero-order chi connectivity index (χ0) is 30.2. The quantitative estimate of drug-likeness (QED) is 0.115. The van der Waals surface area contributed by atoms with Gasteiger partial charge in [-0.1, -0.05) is 6.07 Å². The van der Waals surface area contributed by atoms with E-state index in [1.54, 1.807) is 86.0 Å². The van der Waals surface area contributed by atoms with E-state index >= 15 is 0 Å². The third-order valence-corrected chi connectivity index (χ3v) is 6.19. The second-order valence-electron chi connectivity index (χ2n) is 9.06. The largest absolute Gasteiger partial charge is 0.497 e. The number of hydrogen-bond donors (Lipinski definition) is 2. The highest BCUT2D eigenvalue weighted by molar-refractivity contribution is 6.05. The van der Waals surface area contributed by atoms with Gasteiger partial charge in [-0.05, 0) is 91.3 Å². The summed E-state index contributed by atoms with van der Waals surface area (Å²) >= 11 is 0. The van der Waals surface area contributed by atoms with Crippen LogP contribution in [-0.2, 0) is 0 Å². The van der Waals surface area contributed by atoms with Gasteiger partial charge in [0.1, 0.15) is 5.75 Å². The number of nitrogens with zero attached hydrogens (tertiary/aromatic N) is 1. The number of hydrogen-bond acceptors (Lipinski definition) is 9. The fraction of sp³-hybridized carbons (Fsp3) is 0.125. The molecule has 1 aliphatic rings. The Bertz CT molecular complexity index is 1680. The number of rotatable bonds is 10. The molecule has 0 aliphatic carbocycles. The van der Waals surface area contributed by atoms with Gasteiger partial charge in [0.15, 0.2) is 23.0 Å². The van der Waals surface area contributed by atoms with Crippen molar-refractivity contribution in [1.82, 2.24) is 5.43 Å². The van der Waals surface area contributed by atoms with Crippen LogP contribution in [0, 0.1) is 0 Å². The summed E-state index contributed by atoms with van der Waals surface area (Å²) in [5.74, 6) is 0.882. The summed E-state index contributed by atoms with van der Waals surface area (Å²) in [5, 5.41) is 6.80. The maximum Gasteiger partial charge on any atom is 0.343 e. The molecule has 43 heavy (non-hydrogen) atoms. The average molecular weight is 582 g/mol. The number of anilines is 1. The lowest BCUT2D eigenvalue weighted by molar-refractivity contribution is 0.0728. The van der Waals surface area contributed by atoms with Crippen LogP contribution in [0.3, 0.4) is 0 Å². The molecule has 0 aromatic heterocycles. The number of amides is 2. The molecule has 11 nitrogen and oxygen atoms in total. The molecule has 2 N–H and O–H groups in total. The fourth-order valence-electron chi connectivity index (χ4n) is 4.05. The van der Waals surface area contributed by atoms with E-state index in [9.17, 15) is 14.4 Å². The van der Waals surface area contributed by atoms with Crippen LogP contribution >= 0.6 is 0 Å². The van der Waals surface area contributed by atoms with E-state index in [2.05, 4.69) is 15.8 Å². The van der Waals surface area contributed by atoms with Gasteiger partial charge in [0.2, 0.25) is 6.79 Å². The lowest BCUT2D eigenvalue weighted by Crippen LogP contribution is -2.18. The van der Waals surface area contributed by atoms with Gasteiger partial charge in [0.25, 0.3) is 11.8 Å². The average Bonchev–Trinajstić information content (AvgIpc) is 3.50. The molecular weight excluding hydrogens is 554 g/mol. The van der Waals surface area contributed by atoms with Crippen LogP contribution in [-0.4, -0.2) is 44.5 Å². The lowest BCUT2D eigenvalue weighted by atomic mass is 10.1. The molecule has 0 fully saturated rings. The van der Waals surface area contributed by atoms with Crippen molar-refractivity contribution in [2.24, 2.45) is 5.10 Å². The standard InChI is InChI=1S/C32H27N3O8/c1-3-40-28-15-20(7-13-27(28)43-32(38)21-8-11-25(39-2)12-9-21)18-33-35-31(37)22-5-4-6-24(16-22)34-30(36)23-10-14-26-29(17-23)42-19-41-26/h4-18H,3,19H2,1-2H3,(H,34,36)(H,35,37). The number of hydrazone groups is 1. The molecule has 0 radical (unpaired) electrons. The molecule has 218 valence electrons. The number of benzene rings is 4. The van der Waals surface area contributed by atoms with Gasteiger partial charge in [-0.3, -0.25) is 9.59 Å². The van der Waals surface area contributed by atoms with Gasteiger partial charge in [0.05, 0.1) is 25.5 Å². The molecule has 0 unspecified atom stereocenters. The molecule has 0 atom stereocenters. The predicted molar refractivity (Wildman–Crippen MR) is 158 cm³/mol. The highest BCUT2D eigenvalue weighted by atomic mass is 16.7. The number of ether oxygens (including phenoxy) is 5. The van der Waals surface area contributed by atoms with Gasteiger partial charge < -0.3 is 29.0 Å². The summed E-state index contributed by atoms with van der Waals surface area (Å²) in [4.78, 5) is 38.0.